The Balaban J connectivity index is 1.67. The van der Waals surface area contributed by atoms with Crippen molar-refractivity contribution in [2.24, 2.45) is 0 Å². The van der Waals surface area contributed by atoms with Crippen molar-refractivity contribution < 1.29 is 19.1 Å². The second-order valence-corrected chi connectivity index (χ2v) is 10.2. The maximum Gasteiger partial charge on any atom is 0.335 e. The molecule has 1 N–H and O–H groups in total. The first-order chi connectivity index (χ1) is 16.2. The minimum atomic E-state index is -0.796. The van der Waals surface area contributed by atoms with Crippen molar-refractivity contribution in [1.29, 1.82) is 0 Å². The number of rotatable bonds is 5. The number of hydrogen-bond donors (Lipinski definition) is 1. The first-order valence-electron chi connectivity index (χ1n) is 10.1. The maximum atomic E-state index is 13.3. The number of carbonyl (C=O) groups excluding carboxylic acids is 3. The standard InChI is InChI=1S/C25H17Br3N2O4/c1-14-10-19(7-8-21(14)28)30-24(32)20(23(31)29-25(30)33)12-16-11-18(27)6-9-22(16)34-13-15-2-4-17(26)5-3-15/h2-12H,13H2,1H3,(H,29,31,33)/b20-12+. The number of nitrogens with zero attached hydrogens (tertiary/aromatic N) is 1. The monoisotopic (exact) mass is 646 g/mol. The number of nitrogens with one attached hydrogen (secondary N) is 1. The Bertz CT molecular complexity index is 1340. The van der Waals surface area contributed by atoms with Gasteiger partial charge in [-0.2, -0.15) is 0 Å². The van der Waals surface area contributed by atoms with Gasteiger partial charge in [0.25, 0.3) is 11.8 Å². The van der Waals surface area contributed by atoms with Gasteiger partial charge in [-0.05, 0) is 72.7 Å². The van der Waals surface area contributed by atoms with Crippen LogP contribution < -0.4 is 15.0 Å². The summed E-state index contributed by atoms with van der Waals surface area (Å²) in [6.07, 6.45) is 1.44. The molecule has 6 nitrogen and oxygen atoms in total. The molecule has 0 spiro atoms. The highest BCUT2D eigenvalue weighted by molar-refractivity contribution is 9.11. The van der Waals surface area contributed by atoms with E-state index in [1.165, 1.54) is 6.08 Å². The van der Waals surface area contributed by atoms with Crippen molar-refractivity contribution in [3.63, 3.8) is 0 Å². The van der Waals surface area contributed by atoms with Crippen LogP contribution in [0.5, 0.6) is 5.75 Å². The Kier molecular flexibility index (Phi) is 7.35. The predicted octanol–water partition coefficient (Wildman–Crippen LogP) is 6.53. The van der Waals surface area contributed by atoms with Crippen LogP contribution in [0.4, 0.5) is 10.5 Å². The van der Waals surface area contributed by atoms with Gasteiger partial charge in [-0.3, -0.25) is 14.9 Å². The van der Waals surface area contributed by atoms with E-state index < -0.39 is 17.8 Å². The van der Waals surface area contributed by atoms with E-state index in [1.807, 2.05) is 37.3 Å². The minimum Gasteiger partial charge on any atom is -0.488 e. The van der Waals surface area contributed by atoms with Gasteiger partial charge in [0.1, 0.15) is 17.9 Å². The summed E-state index contributed by atoms with van der Waals surface area (Å²) < 4.78 is 8.54. The molecule has 172 valence electrons. The predicted molar refractivity (Wildman–Crippen MR) is 140 cm³/mol. The van der Waals surface area contributed by atoms with E-state index >= 15 is 0 Å². The van der Waals surface area contributed by atoms with Crippen LogP contribution in [0.3, 0.4) is 0 Å². The lowest BCUT2D eigenvalue weighted by Gasteiger charge is -2.27. The van der Waals surface area contributed by atoms with Crippen LogP contribution in [0.15, 0.2) is 79.7 Å². The summed E-state index contributed by atoms with van der Waals surface area (Å²) in [7, 11) is 0. The Hall–Kier alpha value is -2.75. The molecule has 0 aliphatic carbocycles. The van der Waals surface area contributed by atoms with Crippen LogP contribution in [-0.2, 0) is 16.2 Å². The number of imide groups is 2. The average Bonchev–Trinajstić information content (AvgIpc) is 2.79. The molecule has 3 aromatic carbocycles. The fourth-order valence-electron chi connectivity index (χ4n) is 3.32. The molecule has 0 atom stereocenters. The van der Waals surface area contributed by atoms with Gasteiger partial charge in [0, 0.05) is 19.0 Å². The average molecular weight is 649 g/mol. The van der Waals surface area contributed by atoms with Crippen molar-refractivity contribution >= 4 is 77.4 Å². The van der Waals surface area contributed by atoms with E-state index in [4.69, 9.17) is 4.74 Å². The van der Waals surface area contributed by atoms with Gasteiger partial charge in [-0.25, -0.2) is 9.69 Å². The van der Waals surface area contributed by atoms with Crippen LogP contribution in [-0.4, -0.2) is 17.8 Å². The van der Waals surface area contributed by atoms with Gasteiger partial charge in [-0.1, -0.05) is 59.9 Å². The molecule has 34 heavy (non-hydrogen) atoms. The van der Waals surface area contributed by atoms with E-state index in [-0.39, 0.29) is 5.57 Å². The molecule has 9 heteroatoms. The minimum absolute atomic E-state index is 0.174. The summed E-state index contributed by atoms with van der Waals surface area (Å²) >= 11 is 10.2. The number of urea groups is 1. The number of anilines is 1. The summed E-state index contributed by atoms with van der Waals surface area (Å²) in [6, 6.07) is 17.3. The number of ether oxygens (including phenoxy) is 1. The molecule has 1 saturated heterocycles. The number of halogens is 3. The largest absolute Gasteiger partial charge is 0.488 e. The van der Waals surface area contributed by atoms with Gasteiger partial charge in [0.2, 0.25) is 0 Å². The van der Waals surface area contributed by atoms with Crippen LogP contribution in [0.2, 0.25) is 0 Å². The van der Waals surface area contributed by atoms with Gasteiger partial charge in [-0.15, -0.1) is 0 Å². The van der Waals surface area contributed by atoms with Crippen LogP contribution in [0.25, 0.3) is 6.08 Å². The zero-order valence-electron chi connectivity index (χ0n) is 17.8. The zero-order valence-corrected chi connectivity index (χ0v) is 22.5. The van der Waals surface area contributed by atoms with Crippen LogP contribution >= 0.6 is 47.8 Å². The molecule has 3 aromatic rings. The number of hydrogen-bond acceptors (Lipinski definition) is 4. The molecule has 4 amide bonds. The third-order valence-electron chi connectivity index (χ3n) is 5.08. The highest BCUT2D eigenvalue weighted by Gasteiger charge is 2.37. The van der Waals surface area contributed by atoms with E-state index in [1.54, 1.807) is 30.3 Å². The molecule has 0 unspecified atom stereocenters. The lowest BCUT2D eigenvalue weighted by molar-refractivity contribution is -0.122. The van der Waals surface area contributed by atoms with Gasteiger partial charge in [0.05, 0.1) is 5.69 Å². The van der Waals surface area contributed by atoms with Crippen LogP contribution in [0.1, 0.15) is 16.7 Å². The topological polar surface area (TPSA) is 75.7 Å². The molecular formula is C25H17Br3N2O4. The quantitative estimate of drug-likeness (QED) is 0.252. The summed E-state index contributed by atoms with van der Waals surface area (Å²) in [6.45, 7) is 2.15. The number of amides is 4. The number of benzene rings is 3. The first kappa shape index (κ1) is 24.4. The van der Waals surface area contributed by atoms with Crippen molar-refractivity contribution in [2.45, 2.75) is 13.5 Å². The second-order valence-electron chi connectivity index (χ2n) is 7.49. The lowest BCUT2D eigenvalue weighted by Crippen LogP contribution is -2.54. The second kappa shape index (κ2) is 10.2. The molecule has 1 fully saturated rings. The fraction of sp³-hybridized carbons (Fsp3) is 0.0800. The van der Waals surface area contributed by atoms with Crippen LogP contribution in [0, 0.1) is 6.92 Å². The lowest BCUT2D eigenvalue weighted by atomic mass is 10.1. The Morgan fingerprint density at radius 2 is 1.62 bits per heavy atom. The van der Waals surface area contributed by atoms with E-state index in [2.05, 4.69) is 53.1 Å². The number of barbiturate groups is 1. The van der Waals surface area contributed by atoms with Crippen molar-refractivity contribution in [2.75, 3.05) is 4.90 Å². The maximum absolute atomic E-state index is 13.3. The molecule has 0 radical (unpaired) electrons. The number of aryl methyl sites for hydroxylation is 1. The molecule has 1 heterocycles. The molecule has 0 saturated carbocycles. The molecule has 0 bridgehead atoms. The third kappa shape index (κ3) is 5.32. The van der Waals surface area contributed by atoms with Crippen molar-refractivity contribution in [3.8, 4) is 5.75 Å². The zero-order chi connectivity index (χ0) is 24.4. The molecule has 1 aliphatic rings. The normalized spacial score (nSPS) is 15.0. The molecule has 4 rings (SSSR count). The van der Waals surface area contributed by atoms with E-state index in [0.29, 0.717) is 23.6 Å². The Morgan fingerprint density at radius 1 is 0.912 bits per heavy atom. The smallest absolute Gasteiger partial charge is 0.335 e. The van der Waals surface area contributed by atoms with Gasteiger partial charge in [0.15, 0.2) is 0 Å². The highest BCUT2D eigenvalue weighted by Crippen LogP contribution is 2.30. The molecular weight excluding hydrogens is 632 g/mol. The van der Waals surface area contributed by atoms with E-state index in [0.717, 1.165) is 29.4 Å². The summed E-state index contributed by atoms with van der Waals surface area (Å²) in [5.74, 6) is -0.990. The SMILES string of the molecule is Cc1cc(N2C(=O)NC(=O)/C(=C\c3cc(Br)ccc3OCc3ccc(Br)cc3)C2=O)ccc1Br. The fourth-order valence-corrected chi connectivity index (χ4v) is 4.21. The third-order valence-corrected chi connectivity index (χ3v) is 6.99. The highest BCUT2D eigenvalue weighted by atomic mass is 79.9. The molecule has 0 aromatic heterocycles. The van der Waals surface area contributed by atoms with Crippen molar-refractivity contribution in [3.05, 3.63) is 96.3 Å². The van der Waals surface area contributed by atoms with E-state index in [9.17, 15) is 14.4 Å². The number of carbonyl (C=O) groups is 3. The first-order valence-corrected chi connectivity index (χ1v) is 12.5. The molecule has 1 aliphatic heterocycles. The summed E-state index contributed by atoms with van der Waals surface area (Å²) in [5.41, 5.74) is 2.51. The Morgan fingerprint density at radius 3 is 2.32 bits per heavy atom. The Labute approximate surface area is 221 Å². The van der Waals surface area contributed by atoms with Crippen molar-refractivity contribution in [1.82, 2.24) is 5.32 Å². The van der Waals surface area contributed by atoms with Gasteiger partial charge >= 0.3 is 6.03 Å². The van der Waals surface area contributed by atoms with Gasteiger partial charge < -0.3 is 4.74 Å². The summed E-state index contributed by atoms with van der Waals surface area (Å²) in [4.78, 5) is 39.3. The summed E-state index contributed by atoms with van der Waals surface area (Å²) in [5, 5.41) is 2.25.